The van der Waals surface area contributed by atoms with Crippen molar-refractivity contribution in [3.8, 4) is 0 Å². The van der Waals surface area contributed by atoms with Crippen molar-refractivity contribution in [2.24, 2.45) is 5.73 Å². The molecule has 72 valence electrons. The second-order valence-electron chi connectivity index (χ2n) is 3.38. The van der Waals surface area contributed by atoms with E-state index in [9.17, 15) is 4.79 Å². The van der Waals surface area contributed by atoms with Crippen LogP contribution in [0.3, 0.4) is 0 Å². The lowest BCUT2D eigenvalue weighted by Crippen LogP contribution is -2.14. The Morgan fingerprint density at radius 3 is 3.07 bits per heavy atom. The van der Waals surface area contributed by atoms with Crippen LogP contribution in [0.2, 0.25) is 0 Å². The monoisotopic (exact) mass is 189 g/mol. The third kappa shape index (κ3) is 1.46. The van der Waals surface area contributed by atoms with Gasteiger partial charge in [-0.05, 0) is 17.2 Å². The van der Waals surface area contributed by atoms with Crippen LogP contribution in [-0.4, -0.2) is 11.7 Å². The Labute approximate surface area is 81.6 Å². The molecule has 0 unspecified atom stereocenters. The topological polar surface area (TPSA) is 79.0 Å². The van der Waals surface area contributed by atoms with E-state index in [1.807, 2.05) is 12.1 Å². The number of carbonyl (C=O) groups excluding carboxylic acids is 1. The molecule has 4 nitrogen and oxygen atoms in total. The van der Waals surface area contributed by atoms with E-state index in [0.29, 0.717) is 18.5 Å². The molecule has 1 aliphatic heterocycles. The molecule has 0 atom stereocenters. The lowest BCUT2D eigenvalue weighted by atomic mass is 10.0. The van der Waals surface area contributed by atoms with Crippen LogP contribution < -0.4 is 11.1 Å². The Morgan fingerprint density at radius 2 is 2.36 bits per heavy atom. The third-order valence-electron chi connectivity index (χ3n) is 2.25. The lowest BCUT2D eigenvalue weighted by molar-refractivity contribution is 0.0965. The molecule has 0 fully saturated rings. The van der Waals surface area contributed by atoms with Crippen LogP contribution in [0.15, 0.2) is 18.2 Å². The van der Waals surface area contributed by atoms with Crippen molar-refractivity contribution in [2.45, 2.75) is 13.0 Å². The first-order valence-corrected chi connectivity index (χ1v) is 4.40. The quantitative estimate of drug-likeness (QED) is 0.465. The van der Waals surface area contributed by atoms with Crippen molar-refractivity contribution in [1.29, 1.82) is 5.41 Å². The number of nitrogens with one attached hydrogen (secondary N) is 2. The maximum absolute atomic E-state index is 11.3. The van der Waals surface area contributed by atoms with E-state index in [-0.39, 0.29) is 11.7 Å². The summed E-state index contributed by atoms with van der Waals surface area (Å²) in [6.07, 6.45) is 0.403. The summed E-state index contributed by atoms with van der Waals surface area (Å²) >= 11 is 0. The molecule has 4 N–H and O–H groups in total. The molecule has 0 aliphatic carbocycles. The highest BCUT2D eigenvalue weighted by molar-refractivity contribution is 5.98. The fourth-order valence-electron chi connectivity index (χ4n) is 1.59. The van der Waals surface area contributed by atoms with Crippen LogP contribution in [0.25, 0.3) is 0 Å². The fourth-order valence-corrected chi connectivity index (χ4v) is 1.59. The number of hydrogen-bond donors (Lipinski definition) is 3. The second-order valence-corrected chi connectivity index (χ2v) is 3.38. The van der Waals surface area contributed by atoms with E-state index in [4.69, 9.17) is 11.1 Å². The largest absolute Gasteiger partial charge is 0.387 e. The maximum atomic E-state index is 11.3. The van der Waals surface area contributed by atoms with Gasteiger partial charge < -0.3 is 11.1 Å². The summed E-state index contributed by atoms with van der Waals surface area (Å²) in [6, 6.07) is 5.62. The molecule has 1 amide bonds. The van der Waals surface area contributed by atoms with Crippen LogP contribution in [0.4, 0.5) is 0 Å². The maximum Gasteiger partial charge on any atom is 0.251 e. The summed E-state index contributed by atoms with van der Waals surface area (Å²) in [5.74, 6) is 0.0776. The smallest absolute Gasteiger partial charge is 0.251 e. The summed E-state index contributed by atoms with van der Waals surface area (Å²) in [5, 5.41) is 9.90. The molecule has 0 radical (unpaired) electrons. The number of amidine groups is 1. The SMILES string of the molecule is N=C(N)Cc1ccc2c(c1)C(=O)NC2. The summed E-state index contributed by atoms with van der Waals surface area (Å²) in [4.78, 5) is 11.3. The van der Waals surface area contributed by atoms with E-state index in [2.05, 4.69) is 5.32 Å². The number of carbonyl (C=O) groups is 1. The van der Waals surface area contributed by atoms with E-state index in [0.717, 1.165) is 11.1 Å². The number of fused-ring (bicyclic) bond motifs is 1. The van der Waals surface area contributed by atoms with Gasteiger partial charge in [-0.2, -0.15) is 0 Å². The zero-order chi connectivity index (χ0) is 10.1. The summed E-state index contributed by atoms with van der Waals surface area (Å²) < 4.78 is 0. The lowest BCUT2D eigenvalue weighted by Gasteiger charge is -2.01. The fraction of sp³-hybridized carbons (Fsp3) is 0.200. The van der Waals surface area contributed by atoms with Crippen molar-refractivity contribution in [3.05, 3.63) is 34.9 Å². The van der Waals surface area contributed by atoms with Crippen LogP contribution in [0.1, 0.15) is 21.5 Å². The molecule has 4 heteroatoms. The molecule has 14 heavy (non-hydrogen) atoms. The van der Waals surface area contributed by atoms with Crippen molar-refractivity contribution < 1.29 is 4.79 Å². The number of hydrogen-bond acceptors (Lipinski definition) is 2. The standard InChI is InChI=1S/C10H11N3O/c11-9(12)4-6-1-2-7-5-13-10(14)8(7)3-6/h1-3H,4-5H2,(H3,11,12)(H,13,14). The third-order valence-corrected chi connectivity index (χ3v) is 2.25. The van der Waals surface area contributed by atoms with E-state index in [1.165, 1.54) is 0 Å². The molecule has 1 aromatic carbocycles. The highest BCUT2D eigenvalue weighted by Gasteiger charge is 2.18. The molecular weight excluding hydrogens is 178 g/mol. The molecular formula is C10H11N3O. The Morgan fingerprint density at radius 1 is 1.57 bits per heavy atom. The Kier molecular flexibility index (Phi) is 1.96. The minimum absolute atomic E-state index is 0.0367. The highest BCUT2D eigenvalue weighted by atomic mass is 16.1. The van der Waals surface area contributed by atoms with Crippen molar-refractivity contribution in [2.75, 3.05) is 0 Å². The highest BCUT2D eigenvalue weighted by Crippen LogP contribution is 2.17. The predicted octanol–water partition coefficient (Wildman–Crippen LogP) is 0.408. The van der Waals surface area contributed by atoms with Gasteiger partial charge in [0.2, 0.25) is 0 Å². The van der Waals surface area contributed by atoms with Gasteiger partial charge in [-0.3, -0.25) is 10.2 Å². The van der Waals surface area contributed by atoms with Gasteiger partial charge in [-0.1, -0.05) is 12.1 Å². The van der Waals surface area contributed by atoms with Gasteiger partial charge in [0.25, 0.3) is 5.91 Å². The van der Waals surface area contributed by atoms with Crippen molar-refractivity contribution >= 4 is 11.7 Å². The minimum Gasteiger partial charge on any atom is -0.387 e. The van der Waals surface area contributed by atoms with Gasteiger partial charge in [0.1, 0.15) is 0 Å². The normalized spacial score (nSPS) is 13.6. The first-order valence-electron chi connectivity index (χ1n) is 4.40. The van der Waals surface area contributed by atoms with Crippen LogP contribution in [-0.2, 0) is 13.0 Å². The van der Waals surface area contributed by atoms with Crippen LogP contribution >= 0.6 is 0 Å². The van der Waals surface area contributed by atoms with Crippen molar-refractivity contribution in [1.82, 2.24) is 5.32 Å². The molecule has 0 spiro atoms. The van der Waals surface area contributed by atoms with Crippen LogP contribution in [0.5, 0.6) is 0 Å². The van der Waals surface area contributed by atoms with Gasteiger partial charge >= 0.3 is 0 Å². The average Bonchev–Trinajstić information content (AvgIpc) is 2.47. The summed E-state index contributed by atoms with van der Waals surface area (Å²) in [7, 11) is 0. The number of nitrogens with two attached hydrogens (primary N) is 1. The molecule has 0 saturated heterocycles. The van der Waals surface area contributed by atoms with E-state index in [1.54, 1.807) is 6.07 Å². The number of benzene rings is 1. The Bertz CT molecular complexity index is 412. The predicted molar refractivity (Wildman–Crippen MR) is 53.2 cm³/mol. The zero-order valence-electron chi connectivity index (χ0n) is 7.63. The molecule has 0 bridgehead atoms. The van der Waals surface area contributed by atoms with E-state index < -0.39 is 0 Å². The van der Waals surface area contributed by atoms with Gasteiger partial charge in [-0.15, -0.1) is 0 Å². The molecule has 1 aliphatic rings. The molecule has 0 saturated carbocycles. The van der Waals surface area contributed by atoms with Crippen LogP contribution in [0, 0.1) is 5.41 Å². The molecule has 1 heterocycles. The Hall–Kier alpha value is -1.84. The van der Waals surface area contributed by atoms with Gasteiger partial charge in [0.15, 0.2) is 0 Å². The molecule has 2 rings (SSSR count). The summed E-state index contributed by atoms with van der Waals surface area (Å²) in [5.41, 5.74) is 7.93. The molecule has 0 aromatic heterocycles. The summed E-state index contributed by atoms with van der Waals surface area (Å²) in [6.45, 7) is 0.606. The van der Waals surface area contributed by atoms with Gasteiger partial charge in [0, 0.05) is 18.5 Å². The second kappa shape index (κ2) is 3.14. The van der Waals surface area contributed by atoms with Gasteiger partial charge in [-0.25, -0.2) is 0 Å². The zero-order valence-corrected chi connectivity index (χ0v) is 7.63. The average molecular weight is 189 g/mol. The minimum atomic E-state index is -0.0367. The molecule has 1 aromatic rings. The van der Waals surface area contributed by atoms with E-state index >= 15 is 0 Å². The number of rotatable bonds is 2. The van der Waals surface area contributed by atoms with Gasteiger partial charge in [0.05, 0.1) is 5.84 Å². The first kappa shape index (κ1) is 8.74. The Balaban J connectivity index is 2.35. The first-order chi connectivity index (χ1) is 6.66. The number of amides is 1. The van der Waals surface area contributed by atoms with Crippen molar-refractivity contribution in [3.63, 3.8) is 0 Å².